The van der Waals surface area contributed by atoms with E-state index < -0.39 is 12.0 Å². The number of nitrogens with two attached hydrogens (primary N) is 2. The lowest BCUT2D eigenvalue weighted by molar-refractivity contribution is -0.147. The largest absolute Gasteiger partial charge is 0.464 e. The van der Waals surface area contributed by atoms with E-state index in [1.807, 2.05) is 18.7 Å². The second-order valence-electron chi connectivity index (χ2n) is 6.49. The van der Waals surface area contributed by atoms with Crippen molar-refractivity contribution >= 4 is 23.4 Å². The number of anilines is 3. The van der Waals surface area contributed by atoms with Gasteiger partial charge in [0.2, 0.25) is 5.95 Å². The maximum absolute atomic E-state index is 11.9. The Hall–Kier alpha value is -2.33. The summed E-state index contributed by atoms with van der Waals surface area (Å²) in [5.74, 6) is -0.127. The van der Waals surface area contributed by atoms with Gasteiger partial charge in [-0.1, -0.05) is 13.8 Å². The Morgan fingerprint density at radius 3 is 2.84 bits per heavy atom. The van der Waals surface area contributed by atoms with E-state index in [1.165, 1.54) is 0 Å². The molecule has 0 spiro atoms. The van der Waals surface area contributed by atoms with Crippen molar-refractivity contribution in [3.8, 4) is 0 Å². The van der Waals surface area contributed by atoms with Crippen molar-refractivity contribution in [3.63, 3.8) is 0 Å². The summed E-state index contributed by atoms with van der Waals surface area (Å²) >= 11 is 0. The Morgan fingerprint density at radius 1 is 1.48 bits per heavy atom. The number of hydrogen-bond donors (Lipinski definition) is 5. The SMILES string of the molecule is CC(C)C(N)C(=O)OCC(CCO)CN1CNc2c1nc(N)[nH]c2=O. The number of fused-ring (bicyclic) bond motifs is 1. The second-order valence-corrected chi connectivity index (χ2v) is 6.49. The summed E-state index contributed by atoms with van der Waals surface area (Å²) in [6.07, 6.45) is 0.439. The number of hydrogen-bond acceptors (Lipinski definition) is 9. The summed E-state index contributed by atoms with van der Waals surface area (Å²) in [4.78, 5) is 32.2. The molecule has 25 heavy (non-hydrogen) atoms. The number of carbonyl (C=O) groups excluding carboxylic acids is 1. The van der Waals surface area contributed by atoms with Crippen LogP contribution < -0.4 is 27.2 Å². The molecule has 0 bridgehead atoms. The number of nitrogen functional groups attached to an aromatic ring is 1. The van der Waals surface area contributed by atoms with E-state index in [0.717, 1.165) is 0 Å². The average molecular weight is 354 g/mol. The van der Waals surface area contributed by atoms with Gasteiger partial charge < -0.3 is 31.5 Å². The highest BCUT2D eigenvalue weighted by Crippen LogP contribution is 2.26. The van der Waals surface area contributed by atoms with Gasteiger partial charge in [-0.2, -0.15) is 4.98 Å². The fourth-order valence-electron chi connectivity index (χ4n) is 2.56. The van der Waals surface area contributed by atoms with Gasteiger partial charge in [0.1, 0.15) is 11.7 Å². The number of H-pyrrole nitrogens is 1. The predicted octanol–water partition coefficient (Wildman–Crippen LogP) is -0.933. The zero-order valence-corrected chi connectivity index (χ0v) is 14.5. The molecule has 1 aromatic rings. The predicted molar refractivity (Wildman–Crippen MR) is 94.1 cm³/mol. The topological polar surface area (TPSA) is 160 Å². The number of carbonyl (C=O) groups is 1. The van der Waals surface area contributed by atoms with Crippen LogP contribution in [-0.2, 0) is 9.53 Å². The van der Waals surface area contributed by atoms with Gasteiger partial charge in [-0.3, -0.25) is 14.6 Å². The van der Waals surface area contributed by atoms with Crippen LogP contribution in [-0.4, -0.2) is 53.5 Å². The van der Waals surface area contributed by atoms with Crippen LogP contribution in [0.5, 0.6) is 0 Å². The number of aromatic nitrogens is 2. The molecule has 140 valence electrons. The van der Waals surface area contributed by atoms with Gasteiger partial charge in [0.15, 0.2) is 5.82 Å². The van der Waals surface area contributed by atoms with Crippen molar-refractivity contribution in [1.82, 2.24) is 9.97 Å². The van der Waals surface area contributed by atoms with Crippen LogP contribution in [0.2, 0.25) is 0 Å². The number of aliphatic hydroxyl groups excluding tert-OH is 1. The van der Waals surface area contributed by atoms with Crippen molar-refractivity contribution in [3.05, 3.63) is 10.4 Å². The zero-order chi connectivity index (χ0) is 18.6. The third-order valence-electron chi connectivity index (χ3n) is 4.13. The van der Waals surface area contributed by atoms with Crippen molar-refractivity contribution in [2.45, 2.75) is 26.3 Å². The first-order chi connectivity index (χ1) is 11.8. The summed E-state index contributed by atoms with van der Waals surface area (Å²) in [6.45, 7) is 4.61. The van der Waals surface area contributed by atoms with E-state index in [-0.39, 0.29) is 36.6 Å². The second kappa shape index (κ2) is 8.17. The molecule has 2 unspecified atom stereocenters. The number of ether oxygens (including phenoxy) is 1. The number of rotatable bonds is 8. The zero-order valence-electron chi connectivity index (χ0n) is 14.5. The summed E-state index contributed by atoms with van der Waals surface area (Å²) in [7, 11) is 0. The molecule has 1 aliphatic rings. The number of aromatic amines is 1. The van der Waals surface area contributed by atoms with Crippen molar-refractivity contribution in [2.24, 2.45) is 17.6 Å². The van der Waals surface area contributed by atoms with Crippen molar-refractivity contribution in [2.75, 3.05) is 42.4 Å². The lowest BCUT2D eigenvalue weighted by atomic mass is 10.1. The number of nitrogens with one attached hydrogen (secondary N) is 2. The van der Waals surface area contributed by atoms with E-state index in [0.29, 0.717) is 31.1 Å². The van der Waals surface area contributed by atoms with E-state index >= 15 is 0 Å². The molecule has 0 saturated carbocycles. The Labute approximate surface area is 145 Å². The van der Waals surface area contributed by atoms with Crippen LogP contribution in [0.15, 0.2) is 4.79 Å². The molecule has 0 amide bonds. The van der Waals surface area contributed by atoms with Crippen LogP contribution in [0, 0.1) is 11.8 Å². The molecule has 2 heterocycles. The van der Waals surface area contributed by atoms with Gasteiger partial charge in [-0.15, -0.1) is 0 Å². The normalized spacial score (nSPS) is 15.6. The summed E-state index contributed by atoms with van der Waals surface area (Å²) < 4.78 is 5.29. The fraction of sp³-hybridized carbons (Fsp3) is 0.667. The molecule has 0 saturated heterocycles. The molecule has 0 fully saturated rings. The monoisotopic (exact) mass is 354 g/mol. The first-order valence-electron chi connectivity index (χ1n) is 8.25. The molecule has 7 N–H and O–H groups in total. The summed E-state index contributed by atoms with van der Waals surface area (Å²) in [6, 6.07) is -0.677. The molecule has 2 rings (SSSR count). The van der Waals surface area contributed by atoms with Crippen molar-refractivity contribution < 1.29 is 14.6 Å². The van der Waals surface area contributed by atoms with Crippen LogP contribution in [0.1, 0.15) is 20.3 Å². The minimum atomic E-state index is -0.677. The molecule has 0 aromatic carbocycles. The van der Waals surface area contributed by atoms with Crippen LogP contribution in [0.3, 0.4) is 0 Å². The fourth-order valence-corrected chi connectivity index (χ4v) is 2.56. The summed E-state index contributed by atoms with van der Waals surface area (Å²) in [5.41, 5.74) is 11.4. The third kappa shape index (κ3) is 4.60. The van der Waals surface area contributed by atoms with Crippen LogP contribution >= 0.6 is 0 Å². The first-order valence-corrected chi connectivity index (χ1v) is 8.25. The standard InChI is InChI=1S/C15H26N6O4/c1-8(2)10(16)14(24)25-6-9(3-4-22)5-21-7-18-11-12(21)19-15(17)20-13(11)23/h8-10,18,22H,3-7,16H2,1-2H3,(H3,17,19,20,23). The first kappa shape index (κ1) is 19.0. The van der Waals surface area contributed by atoms with E-state index in [1.54, 1.807) is 0 Å². The Bertz CT molecular complexity index is 662. The minimum absolute atomic E-state index is 0.0163. The van der Waals surface area contributed by atoms with Crippen LogP contribution in [0.4, 0.5) is 17.5 Å². The van der Waals surface area contributed by atoms with E-state index in [4.69, 9.17) is 16.2 Å². The van der Waals surface area contributed by atoms with Gasteiger partial charge in [0.25, 0.3) is 5.56 Å². The highest BCUT2D eigenvalue weighted by molar-refractivity contribution is 5.75. The lowest BCUT2D eigenvalue weighted by Gasteiger charge is -2.24. The van der Waals surface area contributed by atoms with E-state index in [2.05, 4.69) is 15.3 Å². The van der Waals surface area contributed by atoms with Gasteiger partial charge >= 0.3 is 5.97 Å². The van der Waals surface area contributed by atoms with Gasteiger partial charge in [0.05, 0.1) is 13.3 Å². The Kier molecular flexibility index (Phi) is 6.21. The molecule has 0 radical (unpaired) electrons. The minimum Gasteiger partial charge on any atom is -0.464 e. The molecule has 10 heteroatoms. The average Bonchev–Trinajstić information content (AvgIpc) is 2.94. The van der Waals surface area contributed by atoms with Gasteiger partial charge in [-0.05, 0) is 12.3 Å². The van der Waals surface area contributed by atoms with E-state index in [9.17, 15) is 14.7 Å². The van der Waals surface area contributed by atoms with Gasteiger partial charge in [0, 0.05) is 19.1 Å². The summed E-state index contributed by atoms with van der Waals surface area (Å²) in [5, 5.41) is 12.2. The number of aliphatic hydroxyl groups is 1. The Morgan fingerprint density at radius 2 is 2.20 bits per heavy atom. The number of nitrogens with zero attached hydrogens (tertiary/aromatic N) is 2. The molecular weight excluding hydrogens is 328 g/mol. The smallest absolute Gasteiger partial charge is 0.323 e. The lowest BCUT2D eigenvalue weighted by Crippen LogP contribution is -2.39. The highest BCUT2D eigenvalue weighted by atomic mass is 16.5. The quantitative estimate of drug-likeness (QED) is 0.371. The molecule has 1 aliphatic heterocycles. The molecule has 2 atom stereocenters. The van der Waals surface area contributed by atoms with Crippen LogP contribution in [0.25, 0.3) is 0 Å². The molecule has 1 aromatic heterocycles. The van der Waals surface area contributed by atoms with Gasteiger partial charge in [-0.25, -0.2) is 0 Å². The molecular formula is C15H26N6O4. The third-order valence-corrected chi connectivity index (χ3v) is 4.13. The molecule has 10 nitrogen and oxygen atoms in total. The van der Waals surface area contributed by atoms with Crippen molar-refractivity contribution in [1.29, 1.82) is 0 Å². The molecule has 0 aliphatic carbocycles. The number of esters is 1. The maximum Gasteiger partial charge on any atom is 0.323 e. The maximum atomic E-state index is 11.9. The Balaban J connectivity index is 2.02. The highest BCUT2D eigenvalue weighted by Gasteiger charge is 2.27.